The van der Waals surface area contributed by atoms with E-state index >= 15 is 0 Å². The molecule has 2 N–H and O–H groups in total. The highest BCUT2D eigenvalue weighted by Crippen LogP contribution is 2.24. The second-order valence-corrected chi connectivity index (χ2v) is 5.46. The van der Waals surface area contributed by atoms with Crippen LogP contribution in [0, 0.1) is 20.8 Å². The van der Waals surface area contributed by atoms with Gasteiger partial charge in [-0.3, -0.25) is 9.89 Å². The number of H-pyrrole nitrogens is 1. The predicted octanol–water partition coefficient (Wildman–Crippen LogP) is 3.07. The highest BCUT2D eigenvalue weighted by Gasteiger charge is 2.10. The average molecular weight is 275 g/mol. The first-order valence-corrected chi connectivity index (χ1v) is 7.05. The number of anilines is 1. The maximum Gasteiger partial charge on any atom is 0.234 e. The quantitative estimate of drug-likeness (QED) is 0.843. The number of amides is 1. The van der Waals surface area contributed by atoms with Crippen LogP contribution in [0.2, 0.25) is 0 Å². The molecule has 0 saturated heterocycles. The van der Waals surface area contributed by atoms with E-state index in [0.717, 1.165) is 27.5 Å². The summed E-state index contributed by atoms with van der Waals surface area (Å²) >= 11 is 1.51. The Labute approximate surface area is 117 Å². The van der Waals surface area contributed by atoms with Crippen molar-refractivity contribution in [1.29, 1.82) is 0 Å². The molecule has 0 saturated carbocycles. The molecule has 4 nitrogen and oxygen atoms in total. The Morgan fingerprint density at radius 1 is 1.37 bits per heavy atom. The first-order valence-electron chi connectivity index (χ1n) is 6.07. The van der Waals surface area contributed by atoms with Gasteiger partial charge in [0.25, 0.3) is 0 Å². The first-order chi connectivity index (χ1) is 9.06. The van der Waals surface area contributed by atoms with Crippen LogP contribution < -0.4 is 5.32 Å². The Balaban J connectivity index is 1.92. The SMILES string of the molecule is Cc1cccc(NC(=O)CSc2c(C)n[nH]c2C)c1. The molecule has 1 aromatic heterocycles. The van der Waals surface area contributed by atoms with Gasteiger partial charge in [-0.05, 0) is 38.5 Å². The van der Waals surface area contributed by atoms with Crippen LogP contribution in [0.3, 0.4) is 0 Å². The molecule has 1 heterocycles. The Kier molecular flexibility index (Phi) is 4.27. The fourth-order valence-electron chi connectivity index (χ4n) is 1.81. The molecule has 0 aliphatic carbocycles. The lowest BCUT2D eigenvalue weighted by Gasteiger charge is -2.06. The normalized spacial score (nSPS) is 10.5. The molecule has 0 aliphatic heterocycles. The van der Waals surface area contributed by atoms with Crippen LogP contribution in [0.1, 0.15) is 17.0 Å². The van der Waals surface area contributed by atoms with Crippen molar-refractivity contribution in [1.82, 2.24) is 10.2 Å². The van der Waals surface area contributed by atoms with Gasteiger partial charge < -0.3 is 5.32 Å². The molecule has 5 heteroatoms. The number of hydrogen-bond donors (Lipinski definition) is 2. The highest BCUT2D eigenvalue weighted by molar-refractivity contribution is 8.00. The number of rotatable bonds is 4. The Bertz CT molecular complexity index is 573. The smallest absolute Gasteiger partial charge is 0.234 e. The van der Waals surface area contributed by atoms with E-state index in [1.807, 2.05) is 45.0 Å². The van der Waals surface area contributed by atoms with E-state index in [9.17, 15) is 4.79 Å². The summed E-state index contributed by atoms with van der Waals surface area (Å²) in [7, 11) is 0. The van der Waals surface area contributed by atoms with Crippen molar-refractivity contribution in [3.63, 3.8) is 0 Å². The van der Waals surface area contributed by atoms with E-state index in [1.165, 1.54) is 11.8 Å². The molecule has 19 heavy (non-hydrogen) atoms. The zero-order valence-electron chi connectivity index (χ0n) is 11.3. The minimum absolute atomic E-state index is 0.00407. The molecule has 1 amide bonds. The summed E-state index contributed by atoms with van der Waals surface area (Å²) in [6, 6.07) is 7.78. The molecule has 0 bridgehead atoms. The van der Waals surface area contributed by atoms with Crippen LogP contribution >= 0.6 is 11.8 Å². The molecule has 0 radical (unpaired) electrons. The van der Waals surface area contributed by atoms with Gasteiger partial charge in [-0.25, -0.2) is 0 Å². The lowest BCUT2D eigenvalue weighted by atomic mass is 10.2. The summed E-state index contributed by atoms with van der Waals surface area (Å²) in [6.45, 7) is 5.90. The average Bonchev–Trinajstić information content (AvgIpc) is 2.67. The van der Waals surface area contributed by atoms with Gasteiger partial charge in [-0.1, -0.05) is 12.1 Å². The molecule has 0 unspecified atom stereocenters. The Morgan fingerprint density at radius 3 is 2.79 bits per heavy atom. The minimum atomic E-state index is -0.00407. The number of carbonyl (C=O) groups excluding carboxylic acids is 1. The van der Waals surface area contributed by atoms with Crippen LogP contribution in [-0.2, 0) is 4.79 Å². The number of aryl methyl sites for hydroxylation is 3. The summed E-state index contributed by atoms with van der Waals surface area (Å²) in [5, 5.41) is 9.92. The van der Waals surface area contributed by atoms with Gasteiger partial charge in [0, 0.05) is 11.4 Å². The zero-order valence-corrected chi connectivity index (χ0v) is 12.1. The third kappa shape index (κ3) is 3.61. The Hall–Kier alpha value is -1.75. The van der Waals surface area contributed by atoms with Gasteiger partial charge in [0.15, 0.2) is 0 Å². The second kappa shape index (κ2) is 5.93. The lowest BCUT2D eigenvalue weighted by Crippen LogP contribution is -2.14. The number of nitrogens with zero attached hydrogens (tertiary/aromatic N) is 1. The lowest BCUT2D eigenvalue weighted by molar-refractivity contribution is -0.113. The molecular formula is C14H17N3OS. The largest absolute Gasteiger partial charge is 0.325 e. The van der Waals surface area contributed by atoms with Crippen LogP contribution in [0.15, 0.2) is 29.2 Å². The molecule has 100 valence electrons. The van der Waals surface area contributed by atoms with Crippen LogP contribution in [-0.4, -0.2) is 21.9 Å². The second-order valence-electron chi connectivity index (χ2n) is 4.47. The third-order valence-electron chi connectivity index (χ3n) is 2.71. The van der Waals surface area contributed by atoms with Crippen molar-refractivity contribution in [3.05, 3.63) is 41.2 Å². The maximum atomic E-state index is 11.9. The van der Waals surface area contributed by atoms with E-state index in [2.05, 4.69) is 15.5 Å². The maximum absolute atomic E-state index is 11.9. The van der Waals surface area contributed by atoms with Gasteiger partial charge in [-0.2, -0.15) is 5.10 Å². The van der Waals surface area contributed by atoms with E-state index in [1.54, 1.807) is 0 Å². The van der Waals surface area contributed by atoms with Crippen LogP contribution in [0.4, 0.5) is 5.69 Å². The molecule has 2 rings (SSSR count). The van der Waals surface area contributed by atoms with Crippen LogP contribution in [0.5, 0.6) is 0 Å². The molecule has 0 aliphatic rings. The van der Waals surface area contributed by atoms with E-state index in [-0.39, 0.29) is 5.91 Å². The number of hydrogen-bond acceptors (Lipinski definition) is 3. The van der Waals surface area contributed by atoms with Crippen molar-refractivity contribution in [2.75, 3.05) is 11.1 Å². The van der Waals surface area contributed by atoms with Gasteiger partial charge >= 0.3 is 0 Å². The van der Waals surface area contributed by atoms with E-state index < -0.39 is 0 Å². The number of thioether (sulfide) groups is 1. The molecule has 0 spiro atoms. The number of carbonyl (C=O) groups is 1. The fourth-order valence-corrected chi connectivity index (χ4v) is 2.68. The topological polar surface area (TPSA) is 57.8 Å². The number of benzene rings is 1. The first kappa shape index (κ1) is 13.7. The number of aromatic amines is 1. The number of aromatic nitrogens is 2. The summed E-state index contributed by atoms with van der Waals surface area (Å²) < 4.78 is 0. The molecule has 1 aromatic carbocycles. The fraction of sp³-hybridized carbons (Fsp3) is 0.286. The molecular weight excluding hydrogens is 258 g/mol. The van der Waals surface area contributed by atoms with Crippen LogP contribution in [0.25, 0.3) is 0 Å². The predicted molar refractivity (Wildman–Crippen MR) is 78.6 cm³/mol. The van der Waals surface area contributed by atoms with Crippen molar-refractivity contribution < 1.29 is 4.79 Å². The number of nitrogens with one attached hydrogen (secondary N) is 2. The van der Waals surface area contributed by atoms with Crippen molar-refractivity contribution in [2.24, 2.45) is 0 Å². The molecule has 2 aromatic rings. The van der Waals surface area contributed by atoms with Crippen molar-refractivity contribution in [2.45, 2.75) is 25.7 Å². The van der Waals surface area contributed by atoms with Gasteiger partial charge in [0.05, 0.1) is 16.3 Å². The third-order valence-corrected chi connectivity index (χ3v) is 4.01. The zero-order chi connectivity index (χ0) is 13.8. The summed E-state index contributed by atoms with van der Waals surface area (Å²) in [4.78, 5) is 12.9. The summed E-state index contributed by atoms with van der Waals surface area (Å²) in [6.07, 6.45) is 0. The van der Waals surface area contributed by atoms with E-state index in [0.29, 0.717) is 5.75 Å². The molecule has 0 atom stereocenters. The molecule has 0 fully saturated rings. The van der Waals surface area contributed by atoms with E-state index in [4.69, 9.17) is 0 Å². The summed E-state index contributed by atoms with van der Waals surface area (Å²) in [5.41, 5.74) is 3.91. The van der Waals surface area contributed by atoms with Gasteiger partial charge in [0.1, 0.15) is 0 Å². The van der Waals surface area contributed by atoms with Crippen molar-refractivity contribution in [3.8, 4) is 0 Å². The summed E-state index contributed by atoms with van der Waals surface area (Å²) in [5.74, 6) is 0.380. The van der Waals surface area contributed by atoms with Crippen molar-refractivity contribution >= 4 is 23.4 Å². The van der Waals surface area contributed by atoms with Gasteiger partial charge in [-0.15, -0.1) is 11.8 Å². The minimum Gasteiger partial charge on any atom is -0.325 e. The monoisotopic (exact) mass is 275 g/mol. The Morgan fingerprint density at radius 2 is 2.16 bits per heavy atom. The van der Waals surface area contributed by atoms with Gasteiger partial charge in [0.2, 0.25) is 5.91 Å². The highest BCUT2D eigenvalue weighted by atomic mass is 32.2. The standard InChI is InChI=1S/C14H17N3OS/c1-9-5-4-6-12(7-9)15-13(18)8-19-14-10(2)16-17-11(14)3/h4-7H,8H2,1-3H3,(H,15,18)(H,16,17).